The highest BCUT2D eigenvalue weighted by molar-refractivity contribution is 5.94. The van der Waals surface area contributed by atoms with Gasteiger partial charge in [0.05, 0.1) is 0 Å². The number of pyridine rings is 1. The largest absolute Gasteiger partial charge is 0.348 e. The van der Waals surface area contributed by atoms with Crippen LogP contribution in [0.2, 0.25) is 0 Å². The number of benzene rings is 1. The van der Waals surface area contributed by atoms with Gasteiger partial charge in [-0.3, -0.25) is 4.79 Å². The number of amides is 1. The summed E-state index contributed by atoms with van der Waals surface area (Å²) in [6, 6.07) is 15.1. The van der Waals surface area contributed by atoms with E-state index in [4.69, 9.17) is 4.98 Å². The number of hydrogen-bond donors (Lipinski definition) is 1. The standard InChI is InChI=1S/C21H24N4O/c26-21(15-4-2-1-3-5-15)24-11-10-19-16(14-24)6-9-20(23-19)25-17-7-8-18(25)13-22-12-17/h1-6,9,17-18,22H,7-8,10-14H2. The van der Waals surface area contributed by atoms with Crippen molar-refractivity contribution in [2.45, 2.75) is 37.9 Å². The molecule has 0 saturated carbocycles. The summed E-state index contributed by atoms with van der Waals surface area (Å²) in [6.45, 7) is 3.53. The molecule has 0 spiro atoms. The minimum atomic E-state index is 0.112. The Balaban J connectivity index is 1.36. The second kappa shape index (κ2) is 6.40. The molecule has 134 valence electrons. The van der Waals surface area contributed by atoms with Gasteiger partial charge >= 0.3 is 0 Å². The van der Waals surface area contributed by atoms with Crippen molar-refractivity contribution in [1.29, 1.82) is 0 Å². The number of aromatic nitrogens is 1. The maximum atomic E-state index is 12.7. The van der Waals surface area contributed by atoms with Gasteiger partial charge in [-0.1, -0.05) is 24.3 Å². The van der Waals surface area contributed by atoms with Gasteiger partial charge in [-0.25, -0.2) is 4.98 Å². The van der Waals surface area contributed by atoms with Gasteiger partial charge in [-0.15, -0.1) is 0 Å². The summed E-state index contributed by atoms with van der Waals surface area (Å²) >= 11 is 0. The van der Waals surface area contributed by atoms with Crippen molar-refractivity contribution in [1.82, 2.24) is 15.2 Å². The molecule has 5 nitrogen and oxygen atoms in total. The highest BCUT2D eigenvalue weighted by Crippen LogP contribution is 2.32. The predicted octanol–water partition coefficient (Wildman–Crippen LogP) is 2.22. The number of piperazine rings is 1. The van der Waals surface area contributed by atoms with Gasteiger partial charge in [0.15, 0.2) is 0 Å². The van der Waals surface area contributed by atoms with Crippen molar-refractivity contribution < 1.29 is 4.79 Å². The lowest BCUT2D eigenvalue weighted by atomic mass is 10.0. The molecule has 2 fully saturated rings. The van der Waals surface area contributed by atoms with Gasteiger partial charge in [0.25, 0.3) is 5.91 Å². The van der Waals surface area contributed by atoms with Crippen molar-refractivity contribution in [2.24, 2.45) is 0 Å². The molecule has 2 aromatic rings. The lowest BCUT2D eigenvalue weighted by molar-refractivity contribution is 0.0733. The molecule has 2 saturated heterocycles. The van der Waals surface area contributed by atoms with Crippen molar-refractivity contribution in [3.05, 3.63) is 59.3 Å². The Kier molecular flexibility index (Phi) is 3.89. The molecule has 1 aromatic heterocycles. The molecule has 26 heavy (non-hydrogen) atoms. The number of carbonyl (C=O) groups is 1. The van der Waals surface area contributed by atoms with Gasteiger partial charge < -0.3 is 15.1 Å². The third-order valence-corrected chi connectivity index (χ3v) is 5.99. The third-order valence-electron chi connectivity index (χ3n) is 5.99. The van der Waals surface area contributed by atoms with E-state index in [1.807, 2.05) is 35.2 Å². The zero-order chi connectivity index (χ0) is 17.5. The second-order valence-electron chi connectivity index (χ2n) is 7.57. The Morgan fingerprint density at radius 3 is 2.58 bits per heavy atom. The number of nitrogens with zero attached hydrogens (tertiary/aromatic N) is 3. The van der Waals surface area contributed by atoms with E-state index >= 15 is 0 Å². The van der Waals surface area contributed by atoms with Crippen LogP contribution in [0, 0.1) is 0 Å². The van der Waals surface area contributed by atoms with Crippen LogP contribution in [0.25, 0.3) is 0 Å². The van der Waals surface area contributed by atoms with Crippen molar-refractivity contribution in [3.63, 3.8) is 0 Å². The van der Waals surface area contributed by atoms with Crippen LogP contribution >= 0.6 is 0 Å². The van der Waals surface area contributed by atoms with E-state index in [9.17, 15) is 4.79 Å². The third kappa shape index (κ3) is 2.67. The van der Waals surface area contributed by atoms with Gasteiger partial charge in [0.2, 0.25) is 0 Å². The number of fused-ring (bicyclic) bond motifs is 3. The SMILES string of the molecule is O=C(c1ccccc1)N1CCc2nc(N3C4CCC3CNC4)ccc2C1. The Morgan fingerprint density at radius 1 is 1.04 bits per heavy atom. The van der Waals surface area contributed by atoms with Crippen LogP contribution in [0.4, 0.5) is 5.82 Å². The van der Waals surface area contributed by atoms with Crippen molar-refractivity contribution in [3.8, 4) is 0 Å². The van der Waals surface area contributed by atoms with E-state index in [1.54, 1.807) is 0 Å². The molecule has 3 aliphatic heterocycles. The topological polar surface area (TPSA) is 48.5 Å². The molecule has 1 amide bonds. The fourth-order valence-corrected chi connectivity index (χ4v) is 4.64. The lowest BCUT2D eigenvalue weighted by Crippen LogP contribution is -2.52. The molecule has 1 N–H and O–H groups in total. The number of anilines is 1. The molecule has 2 bridgehead atoms. The van der Waals surface area contributed by atoms with Crippen LogP contribution in [-0.2, 0) is 13.0 Å². The summed E-state index contributed by atoms with van der Waals surface area (Å²) in [5.41, 5.74) is 3.11. The smallest absolute Gasteiger partial charge is 0.254 e. The quantitative estimate of drug-likeness (QED) is 0.904. The molecule has 0 aliphatic carbocycles. The Labute approximate surface area is 154 Å². The molecule has 1 aromatic carbocycles. The van der Waals surface area contributed by atoms with Crippen LogP contribution in [0.5, 0.6) is 0 Å². The highest BCUT2D eigenvalue weighted by Gasteiger charge is 2.37. The maximum absolute atomic E-state index is 12.7. The highest BCUT2D eigenvalue weighted by atomic mass is 16.2. The molecule has 3 aliphatic rings. The Bertz CT molecular complexity index is 806. The average Bonchev–Trinajstić information content (AvgIpc) is 2.95. The van der Waals surface area contributed by atoms with Crippen LogP contribution in [0.1, 0.15) is 34.5 Å². The molecule has 2 atom stereocenters. The van der Waals surface area contributed by atoms with Crippen LogP contribution in [0.15, 0.2) is 42.5 Å². The van der Waals surface area contributed by atoms with Gasteiger partial charge in [0, 0.05) is 55.9 Å². The summed E-state index contributed by atoms with van der Waals surface area (Å²) < 4.78 is 0. The first-order valence-corrected chi connectivity index (χ1v) is 9.62. The fourth-order valence-electron chi connectivity index (χ4n) is 4.64. The van der Waals surface area contributed by atoms with Crippen LogP contribution in [-0.4, -0.2) is 47.5 Å². The molecule has 0 radical (unpaired) electrons. The predicted molar refractivity (Wildman–Crippen MR) is 101 cm³/mol. The molecular formula is C21H24N4O. The first-order valence-electron chi connectivity index (χ1n) is 9.62. The molecule has 4 heterocycles. The zero-order valence-electron chi connectivity index (χ0n) is 14.9. The first-order chi connectivity index (χ1) is 12.8. The molecular weight excluding hydrogens is 324 g/mol. The number of hydrogen-bond acceptors (Lipinski definition) is 4. The molecule has 5 rings (SSSR count). The van der Waals surface area contributed by atoms with Gasteiger partial charge in [0.1, 0.15) is 5.82 Å². The van der Waals surface area contributed by atoms with E-state index in [-0.39, 0.29) is 5.91 Å². The fraction of sp³-hybridized carbons (Fsp3) is 0.429. The number of rotatable bonds is 2. The maximum Gasteiger partial charge on any atom is 0.254 e. The monoisotopic (exact) mass is 348 g/mol. The zero-order valence-corrected chi connectivity index (χ0v) is 14.9. The second-order valence-corrected chi connectivity index (χ2v) is 7.57. The number of carbonyl (C=O) groups excluding carboxylic acids is 1. The first kappa shape index (κ1) is 15.8. The lowest BCUT2D eigenvalue weighted by Gasteiger charge is -2.37. The van der Waals surface area contributed by atoms with Gasteiger partial charge in [-0.05, 0) is 36.6 Å². The van der Waals surface area contributed by atoms with E-state index in [0.29, 0.717) is 18.6 Å². The van der Waals surface area contributed by atoms with Gasteiger partial charge in [-0.2, -0.15) is 0 Å². The summed E-state index contributed by atoms with van der Waals surface area (Å²) in [4.78, 5) is 22.2. The Hall–Kier alpha value is -2.40. The van der Waals surface area contributed by atoms with E-state index in [1.165, 1.54) is 18.4 Å². The summed E-state index contributed by atoms with van der Waals surface area (Å²) in [7, 11) is 0. The van der Waals surface area contributed by atoms with Crippen molar-refractivity contribution >= 4 is 11.7 Å². The molecule has 5 heteroatoms. The normalized spacial score (nSPS) is 24.5. The van der Waals surface area contributed by atoms with Crippen LogP contribution in [0.3, 0.4) is 0 Å². The van der Waals surface area contributed by atoms with E-state index in [2.05, 4.69) is 22.3 Å². The minimum Gasteiger partial charge on any atom is -0.348 e. The molecule has 2 unspecified atom stereocenters. The summed E-state index contributed by atoms with van der Waals surface area (Å²) in [6.07, 6.45) is 3.36. The Morgan fingerprint density at radius 2 is 1.81 bits per heavy atom. The van der Waals surface area contributed by atoms with E-state index in [0.717, 1.165) is 43.1 Å². The number of nitrogens with one attached hydrogen (secondary N) is 1. The average molecular weight is 348 g/mol. The van der Waals surface area contributed by atoms with Crippen molar-refractivity contribution in [2.75, 3.05) is 24.5 Å². The summed E-state index contributed by atoms with van der Waals surface area (Å²) in [5, 5.41) is 3.53. The minimum absolute atomic E-state index is 0.112. The van der Waals surface area contributed by atoms with E-state index < -0.39 is 0 Å². The summed E-state index contributed by atoms with van der Waals surface area (Å²) in [5.74, 6) is 1.24. The van der Waals surface area contributed by atoms with Crippen LogP contribution < -0.4 is 10.2 Å².